The van der Waals surface area contributed by atoms with Gasteiger partial charge in [-0.05, 0) is 20.8 Å². The third-order valence-electron chi connectivity index (χ3n) is 1.71. The summed E-state index contributed by atoms with van der Waals surface area (Å²) in [4.78, 5) is 24.0. The maximum absolute atomic E-state index is 11.3. The molecule has 82 valence electrons. The molecule has 0 aromatic rings. The van der Waals surface area contributed by atoms with E-state index < -0.39 is 0 Å². The van der Waals surface area contributed by atoms with Crippen molar-refractivity contribution in [3.8, 4) is 0 Å². The van der Waals surface area contributed by atoms with Crippen LogP contribution in [0.1, 0.15) is 20.8 Å². The lowest BCUT2D eigenvalue weighted by Gasteiger charge is -2.20. The van der Waals surface area contributed by atoms with Crippen LogP contribution in [0.4, 0.5) is 4.79 Å². The fourth-order valence-electron chi connectivity index (χ4n) is 1.02. The summed E-state index contributed by atoms with van der Waals surface area (Å²) in [6, 6.07) is -0.193. The first-order valence-corrected chi connectivity index (χ1v) is 4.95. The smallest absolute Gasteiger partial charge is 0.317 e. The highest BCUT2D eigenvalue weighted by Crippen LogP contribution is 1.88. The number of hydrogen-bond donors (Lipinski definition) is 2. The highest BCUT2D eigenvalue weighted by molar-refractivity contribution is 5.83. The first-order valence-electron chi connectivity index (χ1n) is 4.95. The van der Waals surface area contributed by atoms with E-state index in [2.05, 4.69) is 10.6 Å². The average Bonchev–Trinajstić information content (AvgIpc) is 2.15. The largest absolute Gasteiger partial charge is 0.355 e. The Labute approximate surface area is 84.8 Å². The monoisotopic (exact) mass is 201 g/mol. The van der Waals surface area contributed by atoms with Gasteiger partial charge in [-0.3, -0.25) is 4.79 Å². The van der Waals surface area contributed by atoms with Crippen molar-refractivity contribution < 1.29 is 9.59 Å². The lowest BCUT2D eigenvalue weighted by Crippen LogP contribution is -2.45. The second-order valence-corrected chi connectivity index (χ2v) is 2.80. The number of nitrogens with zero attached hydrogens (tertiary/aromatic N) is 1. The van der Waals surface area contributed by atoms with Crippen LogP contribution in [0.15, 0.2) is 0 Å². The number of likely N-dealkylation sites (N-methyl/N-ethyl adjacent to an activating group) is 2. The molecule has 14 heavy (non-hydrogen) atoms. The van der Waals surface area contributed by atoms with Crippen molar-refractivity contribution in [2.45, 2.75) is 20.8 Å². The molecule has 0 aliphatic carbocycles. The van der Waals surface area contributed by atoms with E-state index in [0.717, 1.165) is 0 Å². The number of amides is 3. The van der Waals surface area contributed by atoms with Crippen molar-refractivity contribution in [1.82, 2.24) is 15.5 Å². The Morgan fingerprint density at radius 3 is 2.07 bits per heavy atom. The normalized spacial score (nSPS) is 9.36. The zero-order valence-corrected chi connectivity index (χ0v) is 9.09. The Morgan fingerprint density at radius 2 is 1.64 bits per heavy atom. The summed E-state index contributed by atoms with van der Waals surface area (Å²) in [7, 11) is 0. The van der Waals surface area contributed by atoms with E-state index in [9.17, 15) is 9.59 Å². The molecule has 5 heteroatoms. The van der Waals surface area contributed by atoms with Crippen LogP contribution in [0.5, 0.6) is 0 Å². The second kappa shape index (κ2) is 7.17. The van der Waals surface area contributed by atoms with Crippen LogP contribution in [0.3, 0.4) is 0 Å². The Bertz CT molecular complexity index is 194. The zero-order valence-electron chi connectivity index (χ0n) is 9.09. The molecule has 0 radical (unpaired) electrons. The van der Waals surface area contributed by atoms with Gasteiger partial charge in [0.25, 0.3) is 0 Å². The molecule has 0 aliphatic rings. The molecule has 0 unspecified atom stereocenters. The first kappa shape index (κ1) is 12.7. The molecule has 0 aliphatic heterocycles. The summed E-state index contributed by atoms with van der Waals surface area (Å²) in [5.41, 5.74) is 0. The Kier molecular flexibility index (Phi) is 6.53. The molecular formula is C9H19N3O2. The summed E-state index contributed by atoms with van der Waals surface area (Å²) in [6.45, 7) is 7.35. The van der Waals surface area contributed by atoms with Gasteiger partial charge in [-0.15, -0.1) is 0 Å². The number of carbonyl (C=O) groups is 2. The van der Waals surface area contributed by atoms with Crippen LogP contribution in [0.25, 0.3) is 0 Å². The number of carbonyl (C=O) groups excluding carboxylic acids is 2. The number of nitrogens with one attached hydrogen (secondary N) is 2. The predicted molar refractivity (Wildman–Crippen MR) is 55.0 cm³/mol. The topological polar surface area (TPSA) is 61.4 Å². The zero-order chi connectivity index (χ0) is 11.0. The predicted octanol–water partition coefficient (Wildman–Crippen LogP) is 0.174. The maximum Gasteiger partial charge on any atom is 0.317 e. The summed E-state index contributed by atoms with van der Waals surface area (Å²) in [5, 5.41) is 5.30. The Hall–Kier alpha value is -1.26. The van der Waals surface area contributed by atoms with Crippen LogP contribution < -0.4 is 10.6 Å². The average molecular weight is 201 g/mol. The fraction of sp³-hybridized carbons (Fsp3) is 0.778. The summed E-state index contributed by atoms with van der Waals surface area (Å²) < 4.78 is 0. The number of hydrogen-bond acceptors (Lipinski definition) is 2. The summed E-state index contributed by atoms with van der Waals surface area (Å²) >= 11 is 0. The molecule has 0 bridgehead atoms. The van der Waals surface area contributed by atoms with E-state index in [-0.39, 0.29) is 18.5 Å². The molecule has 0 rings (SSSR count). The van der Waals surface area contributed by atoms with Gasteiger partial charge in [-0.2, -0.15) is 0 Å². The molecule has 0 atom stereocenters. The second-order valence-electron chi connectivity index (χ2n) is 2.80. The van der Waals surface area contributed by atoms with Gasteiger partial charge in [0.1, 0.15) is 6.54 Å². The minimum atomic E-state index is -0.193. The summed E-state index contributed by atoms with van der Waals surface area (Å²) in [6.07, 6.45) is 0. The molecule has 5 nitrogen and oxygen atoms in total. The maximum atomic E-state index is 11.3. The molecule has 2 N–H and O–H groups in total. The van der Waals surface area contributed by atoms with Crippen molar-refractivity contribution in [3.05, 3.63) is 0 Å². The quantitative estimate of drug-likeness (QED) is 0.666. The van der Waals surface area contributed by atoms with Gasteiger partial charge in [-0.25, -0.2) is 4.79 Å². The van der Waals surface area contributed by atoms with E-state index in [1.165, 1.54) is 4.90 Å². The summed E-state index contributed by atoms with van der Waals surface area (Å²) in [5.74, 6) is -0.124. The molecule has 0 saturated heterocycles. The molecule has 0 saturated carbocycles. The van der Waals surface area contributed by atoms with Crippen LogP contribution in [0, 0.1) is 0 Å². The third-order valence-corrected chi connectivity index (χ3v) is 1.71. The van der Waals surface area contributed by atoms with E-state index in [1.54, 1.807) is 0 Å². The standard InChI is InChI=1S/C9H19N3O2/c1-4-10-8(13)7-12(6-3)9(14)11-5-2/h4-7H2,1-3H3,(H,10,13)(H,11,14). The molecule has 0 heterocycles. The molecule has 0 spiro atoms. The lowest BCUT2D eigenvalue weighted by molar-refractivity contribution is -0.121. The van der Waals surface area contributed by atoms with Crippen molar-refractivity contribution in [2.75, 3.05) is 26.2 Å². The van der Waals surface area contributed by atoms with E-state index in [4.69, 9.17) is 0 Å². The van der Waals surface area contributed by atoms with Crippen LogP contribution in [-0.2, 0) is 4.79 Å². The minimum absolute atomic E-state index is 0.121. The van der Waals surface area contributed by atoms with E-state index >= 15 is 0 Å². The van der Waals surface area contributed by atoms with Gasteiger partial charge >= 0.3 is 6.03 Å². The van der Waals surface area contributed by atoms with Gasteiger partial charge in [0.15, 0.2) is 0 Å². The minimum Gasteiger partial charge on any atom is -0.355 e. The highest BCUT2D eigenvalue weighted by atomic mass is 16.2. The SMILES string of the molecule is CCNC(=O)CN(CC)C(=O)NCC. The molecule has 0 aromatic heterocycles. The number of rotatable bonds is 5. The van der Waals surface area contributed by atoms with Gasteiger partial charge in [0, 0.05) is 19.6 Å². The van der Waals surface area contributed by atoms with Gasteiger partial charge in [0.2, 0.25) is 5.91 Å². The van der Waals surface area contributed by atoms with Crippen molar-refractivity contribution >= 4 is 11.9 Å². The molecule has 0 fully saturated rings. The molecule has 0 aromatic carbocycles. The van der Waals surface area contributed by atoms with Crippen LogP contribution in [-0.4, -0.2) is 43.0 Å². The number of urea groups is 1. The Morgan fingerprint density at radius 1 is 1.07 bits per heavy atom. The van der Waals surface area contributed by atoms with Gasteiger partial charge in [-0.1, -0.05) is 0 Å². The van der Waals surface area contributed by atoms with Crippen LogP contribution in [0.2, 0.25) is 0 Å². The fourth-order valence-corrected chi connectivity index (χ4v) is 1.02. The van der Waals surface area contributed by atoms with Crippen molar-refractivity contribution in [2.24, 2.45) is 0 Å². The van der Waals surface area contributed by atoms with E-state index in [0.29, 0.717) is 19.6 Å². The van der Waals surface area contributed by atoms with Crippen molar-refractivity contribution in [3.63, 3.8) is 0 Å². The van der Waals surface area contributed by atoms with Crippen LogP contribution >= 0.6 is 0 Å². The third kappa shape index (κ3) is 4.69. The first-order chi connectivity index (χ1) is 6.65. The van der Waals surface area contributed by atoms with Crippen molar-refractivity contribution in [1.29, 1.82) is 0 Å². The lowest BCUT2D eigenvalue weighted by atomic mass is 10.4. The molecule has 3 amide bonds. The van der Waals surface area contributed by atoms with E-state index in [1.807, 2.05) is 20.8 Å². The van der Waals surface area contributed by atoms with Gasteiger partial charge < -0.3 is 15.5 Å². The van der Waals surface area contributed by atoms with Gasteiger partial charge in [0.05, 0.1) is 0 Å². The highest BCUT2D eigenvalue weighted by Gasteiger charge is 2.13. The Balaban J connectivity index is 4.01. The molecular weight excluding hydrogens is 182 g/mol.